The zero-order valence-corrected chi connectivity index (χ0v) is 19.5. The molecule has 33 heavy (non-hydrogen) atoms. The van der Waals surface area contributed by atoms with Crippen LogP contribution >= 0.6 is 11.6 Å². The van der Waals surface area contributed by atoms with Gasteiger partial charge in [-0.15, -0.1) is 0 Å². The Hall–Kier alpha value is -1.83. The Bertz CT molecular complexity index is 964. The summed E-state index contributed by atoms with van der Waals surface area (Å²) in [4.78, 5) is 0. The summed E-state index contributed by atoms with van der Waals surface area (Å²) in [6.07, 6.45) is -0.880. The van der Waals surface area contributed by atoms with Crippen molar-refractivity contribution in [2.45, 2.75) is 50.6 Å². The van der Waals surface area contributed by atoms with Crippen LogP contribution in [0.1, 0.15) is 42.6 Å². The second-order valence-electron chi connectivity index (χ2n) is 9.30. The second kappa shape index (κ2) is 9.80. The van der Waals surface area contributed by atoms with Gasteiger partial charge in [-0.2, -0.15) is 0 Å². The van der Waals surface area contributed by atoms with Crippen molar-refractivity contribution in [3.63, 3.8) is 0 Å². The lowest BCUT2D eigenvalue weighted by Crippen LogP contribution is -2.48. The predicted octanol–water partition coefficient (Wildman–Crippen LogP) is 3.93. The molecule has 1 saturated heterocycles. The van der Waals surface area contributed by atoms with Crippen molar-refractivity contribution in [2.75, 3.05) is 26.4 Å². The quantitative estimate of drug-likeness (QED) is 0.699. The molecule has 6 atom stereocenters. The summed E-state index contributed by atoms with van der Waals surface area (Å²) < 4.78 is 23.8. The van der Waals surface area contributed by atoms with Crippen LogP contribution < -0.4 is 9.47 Å². The van der Waals surface area contributed by atoms with Gasteiger partial charge in [-0.3, -0.25) is 0 Å². The first-order valence-corrected chi connectivity index (χ1v) is 12.2. The maximum Gasteiger partial charge on any atom is 0.126 e. The minimum Gasteiger partial charge on any atom is -0.494 e. The van der Waals surface area contributed by atoms with E-state index in [1.807, 2.05) is 43.3 Å². The van der Waals surface area contributed by atoms with Crippen molar-refractivity contribution in [2.24, 2.45) is 11.8 Å². The van der Waals surface area contributed by atoms with Crippen LogP contribution in [0.3, 0.4) is 0 Å². The average molecular weight is 475 g/mol. The number of benzene rings is 2. The third-order valence-electron chi connectivity index (χ3n) is 6.86. The molecule has 2 fully saturated rings. The van der Waals surface area contributed by atoms with Crippen molar-refractivity contribution in [3.8, 4) is 11.5 Å². The molecule has 1 aliphatic carbocycles. The van der Waals surface area contributed by atoms with Gasteiger partial charge in [0.05, 0.1) is 32.0 Å². The number of fused-ring (bicyclic) bond motifs is 5. The van der Waals surface area contributed by atoms with Crippen molar-refractivity contribution in [1.82, 2.24) is 0 Å². The summed E-state index contributed by atoms with van der Waals surface area (Å²) in [6, 6.07) is 11.9. The molecule has 2 aromatic carbocycles. The molecule has 0 amide bonds. The van der Waals surface area contributed by atoms with E-state index < -0.39 is 24.4 Å². The molecule has 2 aromatic rings. The number of rotatable bonds is 4. The highest BCUT2D eigenvalue weighted by Crippen LogP contribution is 2.43. The number of aliphatic hydroxyl groups excluding tert-OH is 2. The number of hydrogen-bond acceptors (Lipinski definition) is 6. The monoisotopic (exact) mass is 474 g/mol. The molecule has 0 radical (unpaired) electrons. The van der Waals surface area contributed by atoms with Crippen molar-refractivity contribution in [3.05, 3.63) is 58.1 Å². The van der Waals surface area contributed by atoms with Crippen molar-refractivity contribution >= 4 is 11.6 Å². The van der Waals surface area contributed by atoms with Crippen LogP contribution in [0.2, 0.25) is 5.02 Å². The first kappa shape index (κ1) is 22.9. The van der Waals surface area contributed by atoms with Crippen molar-refractivity contribution < 1.29 is 29.2 Å². The molecular formula is C26H31ClO6. The molecule has 6 nitrogen and oxygen atoms in total. The molecule has 2 heterocycles. The van der Waals surface area contributed by atoms with Gasteiger partial charge >= 0.3 is 0 Å². The molecule has 7 heteroatoms. The molecule has 2 N–H and O–H groups in total. The SMILES string of the molecule is CCOc1ccc(Cc2cc3c(cc2Cl)OCC2CC2COCC2OC3CC(O)[C@@H]2O)cc1. The lowest BCUT2D eigenvalue weighted by molar-refractivity contribution is -0.188. The molecular weight excluding hydrogens is 444 g/mol. The summed E-state index contributed by atoms with van der Waals surface area (Å²) in [6.45, 7) is 4.09. The third kappa shape index (κ3) is 5.15. The van der Waals surface area contributed by atoms with E-state index >= 15 is 0 Å². The van der Waals surface area contributed by atoms with Crippen molar-refractivity contribution in [1.29, 1.82) is 0 Å². The smallest absolute Gasteiger partial charge is 0.126 e. The standard InChI is InChI=1S/C26H31ClO6/c1-2-31-19-5-3-15(4-6-19)7-16-9-20-23(10-21(16)27)32-13-18-8-17(18)12-30-14-25-26(29)22(28)11-24(20)33-25/h3-6,9-10,17-18,22,24-26,28-29H,2,7-8,11-14H2,1H3/t17?,18?,22?,24?,25?,26-/m0/s1. The molecule has 5 rings (SSSR count). The van der Waals surface area contributed by atoms with Gasteiger partial charge in [0.1, 0.15) is 23.7 Å². The summed E-state index contributed by atoms with van der Waals surface area (Å²) in [5.41, 5.74) is 2.92. The van der Waals surface area contributed by atoms with Gasteiger partial charge in [-0.1, -0.05) is 23.7 Å². The highest BCUT2D eigenvalue weighted by atomic mass is 35.5. The molecule has 5 unspecified atom stereocenters. The van der Waals surface area contributed by atoms with Crippen LogP contribution in [0.4, 0.5) is 0 Å². The normalized spacial score (nSPS) is 31.3. The maximum atomic E-state index is 10.5. The molecule has 1 saturated carbocycles. The minimum atomic E-state index is -0.973. The van der Waals surface area contributed by atoms with E-state index in [2.05, 4.69) is 0 Å². The third-order valence-corrected chi connectivity index (χ3v) is 7.21. The summed E-state index contributed by atoms with van der Waals surface area (Å²) in [5, 5.41) is 21.6. The Morgan fingerprint density at radius 2 is 1.82 bits per heavy atom. The fraction of sp³-hybridized carbons (Fsp3) is 0.538. The molecule has 0 aromatic heterocycles. The first-order chi connectivity index (χ1) is 16.0. The van der Waals surface area contributed by atoms with E-state index in [9.17, 15) is 10.2 Å². The van der Waals surface area contributed by atoms with Gasteiger partial charge in [0.25, 0.3) is 0 Å². The molecule has 2 bridgehead atoms. The largest absolute Gasteiger partial charge is 0.494 e. The van der Waals surface area contributed by atoms with Gasteiger partial charge in [0.15, 0.2) is 0 Å². The predicted molar refractivity (Wildman–Crippen MR) is 124 cm³/mol. The Kier molecular flexibility index (Phi) is 6.81. The first-order valence-electron chi connectivity index (χ1n) is 11.8. The minimum absolute atomic E-state index is 0.265. The van der Waals surface area contributed by atoms with Gasteiger partial charge in [0, 0.05) is 23.6 Å². The summed E-state index contributed by atoms with van der Waals surface area (Å²) >= 11 is 6.69. The highest BCUT2D eigenvalue weighted by Gasteiger charge is 2.42. The fourth-order valence-electron chi connectivity index (χ4n) is 4.76. The van der Waals surface area contributed by atoms with Crippen LogP contribution in [0, 0.1) is 11.8 Å². The second-order valence-corrected chi connectivity index (χ2v) is 9.70. The van der Waals surface area contributed by atoms with E-state index in [-0.39, 0.29) is 13.0 Å². The fourth-order valence-corrected chi connectivity index (χ4v) is 4.98. The highest BCUT2D eigenvalue weighted by molar-refractivity contribution is 6.31. The summed E-state index contributed by atoms with van der Waals surface area (Å²) in [7, 11) is 0. The zero-order valence-electron chi connectivity index (χ0n) is 18.8. The number of ether oxygens (including phenoxy) is 4. The maximum absolute atomic E-state index is 10.5. The lowest BCUT2D eigenvalue weighted by atomic mass is 9.91. The van der Waals surface area contributed by atoms with Gasteiger partial charge in [-0.25, -0.2) is 0 Å². The Balaban J connectivity index is 1.45. The van der Waals surface area contributed by atoms with Gasteiger partial charge < -0.3 is 29.2 Å². The van der Waals surface area contributed by atoms with Gasteiger partial charge in [0.2, 0.25) is 0 Å². The number of halogens is 1. The Labute approximate surface area is 199 Å². The van der Waals surface area contributed by atoms with E-state index in [1.165, 1.54) is 0 Å². The summed E-state index contributed by atoms with van der Waals surface area (Å²) in [5.74, 6) is 2.46. The Morgan fingerprint density at radius 1 is 1.03 bits per heavy atom. The van der Waals surface area contributed by atoms with Crippen LogP contribution in [-0.4, -0.2) is 55.0 Å². The molecule has 178 valence electrons. The van der Waals surface area contributed by atoms with E-state index in [0.717, 1.165) is 28.9 Å². The lowest BCUT2D eigenvalue weighted by Gasteiger charge is -2.38. The number of aliphatic hydroxyl groups is 2. The Morgan fingerprint density at radius 3 is 2.61 bits per heavy atom. The van der Waals surface area contributed by atoms with Crippen LogP contribution in [0.15, 0.2) is 36.4 Å². The topological polar surface area (TPSA) is 77.4 Å². The van der Waals surface area contributed by atoms with E-state index in [4.69, 9.17) is 30.5 Å². The van der Waals surface area contributed by atoms with Gasteiger partial charge in [-0.05, 0) is 67.0 Å². The van der Waals surface area contributed by atoms with Crippen LogP contribution in [0.5, 0.6) is 11.5 Å². The van der Waals surface area contributed by atoms with E-state index in [0.29, 0.717) is 48.8 Å². The molecule has 2 aliphatic heterocycles. The van der Waals surface area contributed by atoms with E-state index in [1.54, 1.807) is 0 Å². The van der Waals surface area contributed by atoms with Crippen LogP contribution in [0.25, 0.3) is 0 Å². The zero-order chi connectivity index (χ0) is 22.9. The molecule has 3 aliphatic rings. The number of hydrogen-bond donors (Lipinski definition) is 2. The van der Waals surface area contributed by atoms with Crippen LogP contribution in [-0.2, 0) is 15.9 Å². The molecule has 0 spiro atoms. The average Bonchev–Trinajstić information content (AvgIpc) is 3.55.